The van der Waals surface area contributed by atoms with Gasteiger partial charge in [-0.2, -0.15) is 0 Å². The minimum atomic E-state index is -3.47. The number of hydrogen-bond acceptors (Lipinski definition) is 4. The van der Waals surface area contributed by atoms with Gasteiger partial charge in [-0.25, -0.2) is 0 Å². The quantitative estimate of drug-likeness (QED) is 0.578. The molecule has 1 heterocycles. The maximum absolute atomic E-state index is 12.4. The summed E-state index contributed by atoms with van der Waals surface area (Å²) >= 11 is 0. The molecule has 2 N–H and O–H groups in total. The Balaban J connectivity index is 1.87. The molecule has 1 aliphatic heterocycles. The Morgan fingerprint density at radius 2 is 1.21 bits per heavy atom. The Labute approximate surface area is 171 Å². The van der Waals surface area contributed by atoms with Crippen molar-refractivity contribution in [1.82, 2.24) is 0 Å². The molecule has 0 amide bonds. The van der Waals surface area contributed by atoms with E-state index in [-0.39, 0.29) is 6.42 Å². The van der Waals surface area contributed by atoms with Gasteiger partial charge in [0.15, 0.2) is 0 Å². The second kappa shape index (κ2) is 8.24. The van der Waals surface area contributed by atoms with Crippen molar-refractivity contribution in [2.24, 2.45) is 0 Å². The van der Waals surface area contributed by atoms with Gasteiger partial charge in [0.05, 0.1) is 0 Å². The Hall–Kier alpha value is -2.88. The van der Waals surface area contributed by atoms with Crippen LogP contribution in [0.5, 0.6) is 0 Å². The summed E-state index contributed by atoms with van der Waals surface area (Å²) in [6, 6.07) is 29.2. The summed E-state index contributed by atoms with van der Waals surface area (Å²) < 4.78 is 4.11. The van der Waals surface area contributed by atoms with Crippen LogP contribution in [0.2, 0.25) is 0 Å². The Kier molecular flexibility index (Phi) is 5.52. The van der Waals surface area contributed by atoms with E-state index >= 15 is 0 Å². The van der Waals surface area contributed by atoms with Gasteiger partial charge >= 0.3 is 171 Å². The first-order chi connectivity index (χ1) is 14.1. The van der Waals surface area contributed by atoms with E-state index < -0.39 is 19.4 Å². The summed E-state index contributed by atoms with van der Waals surface area (Å²) in [5, 5.41) is 9.71. The average Bonchev–Trinajstić information content (AvgIpc) is 3.11. The van der Waals surface area contributed by atoms with Gasteiger partial charge in [0.25, 0.3) is 0 Å². The summed E-state index contributed by atoms with van der Waals surface area (Å²) in [5.41, 5.74) is 2.19. The molecule has 0 saturated carbocycles. The third-order valence-electron chi connectivity index (χ3n) is 5.53. The first-order valence-corrected chi connectivity index (χ1v) is 11.7. The van der Waals surface area contributed by atoms with E-state index in [9.17, 15) is 14.8 Å². The molecule has 1 fully saturated rings. The number of carbonyl (C=O) groups is 1. The predicted molar refractivity (Wildman–Crippen MR) is 120 cm³/mol. The van der Waals surface area contributed by atoms with Gasteiger partial charge in [0.2, 0.25) is 0 Å². The molecule has 0 aromatic heterocycles. The van der Waals surface area contributed by atoms with Crippen LogP contribution in [0.1, 0.15) is 17.6 Å². The number of hydrogen-bond donors (Lipinski definition) is 2. The normalized spacial score (nSPS) is 17.7. The Morgan fingerprint density at radius 1 is 0.793 bits per heavy atom. The van der Waals surface area contributed by atoms with Crippen LogP contribution >= 0.6 is 7.79 Å². The topological polar surface area (TPSA) is 64.0 Å². The third-order valence-corrected chi connectivity index (χ3v) is 9.55. The van der Waals surface area contributed by atoms with Gasteiger partial charge in [-0.3, -0.25) is 0 Å². The van der Waals surface area contributed by atoms with E-state index in [1.165, 1.54) is 0 Å². The molecular formula is C23H25N2O3P. The number of carboxylic acids is 1. The van der Waals surface area contributed by atoms with Crippen molar-refractivity contribution < 1.29 is 14.8 Å². The van der Waals surface area contributed by atoms with Gasteiger partial charge in [0, 0.05) is 0 Å². The van der Waals surface area contributed by atoms with Crippen molar-refractivity contribution in [3.8, 4) is 0 Å². The van der Waals surface area contributed by atoms with Gasteiger partial charge in [-0.15, -0.1) is 0 Å². The summed E-state index contributed by atoms with van der Waals surface area (Å²) in [6.07, 6.45) is -0.126. The number of nitrogens with zero attached hydrogens (tertiary/aromatic N) is 2. The van der Waals surface area contributed by atoms with E-state index in [0.717, 1.165) is 16.9 Å². The molecule has 29 heavy (non-hydrogen) atoms. The number of benzene rings is 3. The molecule has 4 rings (SSSR count). The molecule has 0 spiro atoms. The molecule has 0 aliphatic carbocycles. The SMILES string of the molecule is O=C(O)CC(c1ccccc1)[PH]1(O)N(c2ccccc2)CCN1c1ccccc1. The van der Waals surface area contributed by atoms with E-state index in [0.29, 0.717) is 13.1 Å². The molecule has 1 unspecified atom stereocenters. The Bertz CT molecular complexity index is 906. The molecule has 6 heteroatoms. The van der Waals surface area contributed by atoms with E-state index in [2.05, 4.69) is 9.34 Å². The molecule has 1 saturated heterocycles. The van der Waals surface area contributed by atoms with E-state index in [1.807, 2.05) is 91.0 Å². The van der Waals surface area contributed by atoms with E-state index in [4.69, 9.17) is 0 Å². The first-order valence-electron chi connectivity index (χ1n) is 9.75. The number of anilines is 2. The summed E-state index contributed by atoms with van der Waals surface area (Å²) in [5.74, 6) is -0.910. The second-order valence-electron chi connectivity index (χ2n) is 7.22. The number of aliphatic carboxylic acids is 1. The molecule has 1 atom stereocenters. The monoisotopic (exact) mass is 408 g/mol. The molecule has 0 radical (unpaired) electrons. The van der Waals surface area contributed by atoms with Crippen molar-refractivity contribution in [3.63, 3.8) is 0 Å². The average molecular weight is 408 g/mol. The van der Waals surface area contributed by atoms with Crippen molar-refractivity contribution >= 4 is 25.1 Å². The molecule has 150 valence electrons. The summed E-state index contributed by atoms with van der Waals surface area (Å²) in [4.78, 5) is 24.2. The van der Waals surface area contributed by atoms with Crippen LogP contribution in [-0.4, -0.2) is 29.1 Å². The number of carboxylic acid groups (broad SMARTS) is 1. The van der Waals surface area contributed by atoms with Crippen LogP contribution in [0.4, 0.5) is 11.4 Å². The van der Waals surface area contributed by atoms with Gasteiger partial charge < -0.3 is 0 Å². The zero-order valence-corrected chi connectivity index (χ0v) is 17.1. The van der Waals surface area contributed by atoms with Crippen molar-refractivity contribution in [3.05, 3.63) is 96.6 Å². The standard InChI is InChI=1S/C23H25N2O3P/c26-23(27)18-22(19-10-4-1-5-11-19)29(28)24(20-12-6-2-7-13-20)16-17-25(29)21-14-8-3-9-15-21/h1-15,22,28-29H,16-18H2,(H,26,27). The van der Waals surface area contributed by atoms with Crippen molar-refractivity contribution in [2.45, 2.75) is 12.1 Å². The molecule has 3 aromatic carbocycles. The van der Waals surface area contributed by atoms with Gasteiger partial charge in [0.1, 0.15) is 0 Å². The van der Waals surface area contributed by atoms with Gasteiger partial charge in [-0.1, -0.05) is 0 Å². The summed E-state index contributed by atoms with van der Waals surface area (Å²) in [6.45, 7) is 1.29. The van der Waals surface area contributed by atoms with Crippen molar-refractivity contribution in [2.75, 3.05) is 22.4 Å². The zero-order valence-electron chi connectivity index (χ0n) is 16.1. The zero-order chi connectivity index (χ0) is 20.3. The van der Waals surface area contributed by atoms with Crippen LogP contribution in [0.3, 0.4) is 0 Å². The third kappa shape index (κ3) is 3.71. The van der Waals surface area contributed by atoms with E-state index in [1.54, 1.807) is 0 Å². The number of rotatable bonds is 6. The first kappa shape index (κ1) is 19.4. The minimum absolute atomic E-state index is 0.126. The fraction of sp³-hybridized carbons (Fsp3) is 0.174. The van der Waals surface area contributed by atoms with Crippen LogP contribution < -0.4 is 9.34 Å². The number of para-hydroxylation sites is 2. The maximum atomic E-state index is 12.4. The summed E-state index contributed by atoms with van der Waals surface area (Å²) in [7, 11) is -3.47. The van der Waals surface area contributed by atoms with Crippen LogP contribution in [-0.2, 0) is 4.79 Å². The van der Waals surface area contributed by atoms with Gasteiger partial charge in [-0.05, 0) is 0 Å². The molecular weight excluding hydrogens is 383 g/mol. The molecule has 5 nitrogen and oxygen atoms in total. The predicted octanol–water partition coefficient (Wildman–Crippen LogP) is 4.72. The fourth-order valence-electron chi connectivity index (χ4n) is 4.24. The van der Waals surface area contributed by atoms with Crippen molar-refractivity contribution in [1.29, 1.82) is 0 Å². The fourth-order valence-corrected chi connectivity index (χ4v) is 8.29. The van der Waals surface area contributed by atoms with Crippen LogP contribution in [0.15, 0.2) is 91.0 Å². The second-order valence-corrected chi connectivity index (χ2v) is 10.4. The van der Waals surface area contributed by atoms with Crippen LogP contribution in [0, 0.1) is 0 Å². The Morgan fingerprint density at radius 3 is 1.62 bits per heavy atom. The van der Waals surface area contributed by atoms with Crippen LogP contribution in [0.25, 0.3) is 0 Å². The molecule has 3 aromatic rings. The molecule has 0 bridgehead atoms. The molecule has 1 aliphatic rings.